The molecular formula is C15H25BN2O5S. The summed E-state index contributed by atoms with van der Waals surface area (Å²) >= 11 is 0. The van der Waals surface area contributed by atoms with Gasteiger partial charge >= 0.3 is 7.05 Å². The Morgan fingerprint density at radius 3 is 2.62 bits per heavy atom. The summed E-state index contributed by atoms with van der Waals surface area (Å²) in [7, 11) is -3.17. The summed E-state index contributed by atoms with van der Waals surface area (Å²) in [5.41, 5.74) is 0.772. The van der Waals surface area contributed by atoms with E-state index >= 15 is 0 Å². The quantitative estimate of drug-likeness (QED) is 0.362. The first-order chi connectivity index (χ1) is 11.2. The molecule has 0 aliphatic rings. The van der Waals surface area contributed by atoms with E-state index in [0.29, 0.717) is 25.8 Å². The van der Waals surface area contributed by atoms with Crippen LogP contribution in [-0.4, -0.2) is 51.3 Å². The van der Waals surface area contributed by atoms with Gasteiger partial charge in [0.05, 0.1) is 7.11 Å². The molecule has 0 aliphatic heterocycles. The number of hydrogen-bond donors (Lipinski definition) is 2. The molecule has 7 nitrogen and oxygen atoms in total. The monoisotopic (exact) mass is 356 g/mol. The molecule has 9 heteroatoms. The van der Waals surface area contributed by atoms with E-state index in [4.69, 9.17) is 9.88 Å². The van der Waals surface area contributed by atoms with Crippen LogP contribution in [-0.2, 0) is 21.2 Å². The molecule has 134 valence electrons. The van der Waals surface area contributed by atoms with Crippen LogP contribution in [0.5, 0.6) is 5.75 Å². The summed E-state index contributed by atoms with van der Waals surface area (Å²) in [5.74, 6) is 0.201. The van der Waals surface area contributed by atoms with Crippen molar-refractivity contribution in [1.82, 2.24) is 4.81 Å². The maximum absolute atomic E-state index is 11.7. The number of carbonyl (C=O) groups is 1. The summed E-state index contributed by atoms with van der Waals surface area (Å²) in [6.45, 7) is 4.19. The molecule has 0 heterocycles. The number of nitrogens with zero attached hydrogens (tertiary/aromatic N) is 1. The normalized spacial score (nSPS) is 12.9. The molecule has 0 saturated carbocycles. The number of ether oxygens (including phenoxy) is 1. The number of carbonyl (C=O) groups excluding carboxylic acids is 1. The van der Waals surface area contributed by atoms with Crippen molar-refractivity contribution >= 4 is 23.4 Å². The van der Waals surface area contributed by atoms with Crippen LogP contribution in [0.25, 0.3) is 0 Å². The molecule has 1 rings (SSSR count). The maximum Gasteiger partial charge on any atom is 0.376 e. The summed E-state index contributed by atoms with van der Waals surface area (Å²) in [6.07, 6.45) is 2.48. The van der Waals surface area contributed by atoms with Gasteiger partial charge in [-0.05, 0) is 43.9 Å². The minimum absolute atomic E-state index is 0.0432. The molecule has 0 radical (unpaired) electrons. The largest absolute Gasteiger partial charge is 0.495 e. The first-order valence-corrected chi connectivity index (χ1v) is 9.32. The SMILES string of the molecule is COc1ccc(CC(C)N(CCCC=O)B(C)O)cc1S(N)(=O)=O. The average Bonchev–Trinajstić information content (AvgIpc) is 2.50. The zero-order chi connectivity index (χ0) is 18.3. The van der Waals surface area contributed by atoms with Gasteiger partial charge < -0.3 is 19.4 Å². The average molecular weight is 356 g/mol. The van der Waals surface area contributed by atoms with E-state index < -0.39 is 17.1 Å². The Bertz CT molecular complexity index is 651. The highest BCUT2D eigenvalue weighted by atomic mass is 32.2. The fourth-order valence-electron chi connectivity index (χ4n) is 2.66. The van der Waals surface area contributed by atoms with Gasteiger partial charge in [0.2, 0.25) is 10.0 Å². The minimum Gasteiger partial charge on any atom is -0.495 e. The van der Waals surface area contributed by atoms with Gasteiger partial charge in [-0.2, -0.15) is 0 Å². The van der Waals surface area contributed by atoms with Crippen molar-refractivity contribution in [2.75, 3.05) is 13.7 Å². The molecule has 1 unspecified atom stereocenters. The second-order valence-corrected chi connectivity index (χ2v) is 7.29. The molecular weight excluding hydrogens is 331 g/mol. The van der Waals surface area contributed by atoms with Gasteiger partial charge in [-0.25, -0.2) is 13.6 Å². The van der Waals surface area contributed by atoms with E-state index in [-0.39, 0.29) is 16.7 Å². The van der Waals surface area contributed by atoms with Crippen molar-refractivity contribution in [3.05, 3.63) is 23.8 Å². The summed E-state index contributed by atoms with van der Waals surface area (Å²) in [5, 5.41) is 15.2. The van der Waals surface area contributed by atoms with E-state index in [0.717, 1.165) is 11.8 Å². The van der Waals surface area contributed by atoms with Gasteiger partial charge in [0.1, 0.15) is 16.9 Å². The highest BCUT2D eigenvalue weighted by Gasteiger charge is 2.23. The van der Waals surface area contributed by atoms with E-state index in [2.05, 4.69) is 0 Å². The van der Waals surface area contributed by atoms with E-state index in [1.807, 2.05) is 11.7 Å². The van der Waals surface area contributed by atoms with Crippen molar-refractivity contribution in [2.45, 2.75) is 43.9 Å². The number of methoxy groups -OCH3 is 1. The predicted octanol–water partition coefficient (Wildman–Crippen LogP) is 0.665. The summed E-state index contributed by atoms with van der Waals surface area (Å²) in [4.78, 5) is 12.3. The first-order valence-electron chi connectivity index (χ1n) is 7.77. The predicted molar refractivity (Wildman–Crippen MR) is 93.4 cm³/mol. The number of nitrogens with two attached hydrogens (primary N) is 1. The lowest BCUT2D eigenvalue weighted by Gasteiger charge is -2.30. The Hall–Kier alpha value is -1.42. The molecule has 0 saturated heterocycles. The summed E-state index contributed by atoms with van der Waals surface area (Å²) < 4.78 is 28.4. The first kappa shape index (κ1) is 20.6. The van der Waals surface area contributed by atoms with Crippen molar-refractivity contribution in [3.8, 4) is 5.75 Å². The molecule has 0 aliphatic carbocycles. The lowest BCUT2D eigenvalue weighted by atomic mass is 9.82. The van der Waals surface area contributed by atoms with Crippen LogP contribution in [0, 0.1) is 0 Å². The second kappa shape index (κ2) is 9.17. The third-order valence-electron chi connectivity index (χ3n) is 3.85. The van der Waals surface area contributed by atoms with Gasteiger partial charge in [0.15, 0.2) is 0 Å². The van der Waals surface area contributed by atoms with Crippen LogP contribution in [0.15, 0.2) is 23.1 Å². The second-order valence-electron chi connectivity index (χ2n) is 5.76. The van der Waals surface area contributed by atoms with Crippen LogP contribution in [0.3, 0.4) is 0 Å². The zero-order valence-electron chi connectivity index (χ0n) is 14.3. The Labute approximate surface area is 144 Å². The van der Waals surface area contributed by atoms with Gasteiger partial charge in [-0.3, -0.25) is 0 Å². The van der Waals surface area contributed by atoms with Crippen LogP contribution < -0.4 is 9.88 Å². The molecule has 0 spiro atoms. The lowest BCUT2D eigenvalue weighted by Crippen LogP contribution is -2.45. The molecule has 1 atom stereocenters. The standard InChI is InChI=1S/C15H25BN2O5S/c1-12(18(16(2)20)8-4-5-9-19)10-13-6-7-14(23-3)15(11-13)24(17,21)22/h6-7,9,11-12,20H,4-5,8,10H2,1-3H3,(H2,17,21,22). The van der Waals surface area contributed by atoms with Crippen LogP contribution in [0.4, 0.5) is 0 Å². The van der Waals surface area contributed by atoms with Crippen molar-refractivity contribution in [1.29, 1.82) is 0 Å². The van der Waals surface area contributed by atoms with Crippen molar-refractivity contribution < 1.29 is 23.0 Å². The van der Waals surface area contributed by atoms with Crippen LogP contribution in [0.1, 0.15) is 25.3 Å². The minimum atomic E-state index is -3.88. The Kier molecular flexibility index (Phi) is 7.88. The van der Waals surface area contributed by atoms with E-state index in [1.165, 1.54) is 13.2 Å². The molecule has 0 aromatic heterocycles. The Morgan fingerprint density at radius 2 is 2.12 bits per heavy atom. The van der Waals surface area contributed by atoms with Crippen LogP contribution in [0.2, 0.25) is 6.82 Å². The molecule has 1 aromatic carbocycles. The fourth-order valence-corrected chi connectivity index (χ4v) is 3.41. The smallest absolute Gasteiger partial charge is 0.376 e. The Morgan fingerprint density at radius 1 is 1.46 bits per heavy atom. The number of aldehydes is 1. The van der Waals surface area contributed by atoms with Crippen molar-refractivity contribution in [3.63, 3.8) is 0 Å². The van der Waals surface area contributed by atoms with Crippen LogP contribution >= 0.6 is 0 Å². The number of benzene rings is 1. The third kappa shape index (κ3) is 5.90. The molecule has 0 amide bonds. The van der Waals surface area contributed by atoms with Gasteiger partial charge in [0.25, 0.3) is 0 Å². The number of hydrogen-bond acceptors (Lipinski definition) is 6. The van der Waals surface area contributed by atoms with Gasteiger partial charge in [0, 0.05) is 12.5 Å². The number of unbranched alkanes of at least 4 members (excludes halogenated alkanes) is 1. The van der Waals surface area contributed by atoms with Gasteiger partial charge in [-0.15, -0.1) is 0 Å². The lowest BCUT2D eigenvalue weighted by molar-refractivity contribution is -0.108. The fraction of sp³-hybridized carbons (Fsp3) is 0.533. The zero-order valence-corrected chi connectivity index (χ0v) is 15.1. The van der Waals surface area contributed by atoms with Crippen molar-refractivity contribution in [2.24, 2.45) is 5.14 Å². The maximum atomic E-state index is 11.7. The number of sulfonamides is 1. The highest BCUT2D eigenvalue weighted by molar-refractivity contribution is 7.89. The highest BCUT2D eigenvalue weighted by Crippen LogP contribution is 2.25. The molecule has 24 heavy (non-hydrogen) atoms. The molecule has 1 aromatic rings. The van der Waals surface area contributed by atoms with Gasteiger partial charge in [-0.1, -0.05) is 13.0 Å². The molecule has 3 N–H and O–H groups in total. The third-order valence-corrected chi connectivity index (χ3v) is 4.78. The van der Waals surface area contributed by atoms with E-state index in [1.54, 1.807) is 19.0 Å². The molecule has 0 fully saturated rings. The topological polar surface area (TPSA) is 110 Å². The molecule has 0 bridgehead atoms. The Balaban J connectivity index is 2.95. The number of rotatable bonds is 10. The van der Waals surface area contributed by atoms with E-state index in [9.17, 15) is 18.2 Å². The summed E-state index contributed by atoms with van der Waals surface area (Å²) in [6, 6.07) is 4.80. The number of primary sulfonamides is 1.